The van der Waals surface area contributed by atoms with Crippen molar-refractivity contribution in [1.82, 2.24) is 15.5 Å². The summed E-state index contributed by atoms with van der Waals surface area (Å²) in [4.78, 5) is 26.6. The number of rotatable bonds is 4. The van der Waals surface area contributed by atoms with Gasteiger partial charge in [0.1, 0.15) is 5.82 Å². The quantitative estimate of drug-likeness (QED) is 0.889. The molecule has 5 nitrogen and oxygen atoms in total. The first-order valence-electron chi connectivity index (χ1n) is 8.51. The number of benzene rings is 2. The monoisotopic (exact) mass is 351 g/mol. The lowest BCUT2D eigenvalue weighted by Gasteiger charge is -2.25. The van der Waals surface area contributed by atoms with Gasteiger partial charge >= 0.3 is 6.03 Å². The molecule has 132 valence electrons. The number of urea groups is 1. The van der Waals surface area contributed by atoms with Crippen LogP contribution in [0, 0.1) is 5.82 Å². The molecule has 2 aliphatic heterocycles. The predicted molar refractivity (Wildman–Crippen MR) is 94.6 cm³/mol. The number of nitrogens with zero attached hydrogens (tertiary/aromatic N) is 1. The van der Waals surface area contributed by atoms with Crippen LogP contribution in [-0.2, 0) is 11.2 Å². The van der Waals surface area contributed by atoms with Crippen molar-refractivity contribution in [3.63, 3.8) is 0 Å². The van der Waals surface area contributed by atoms with Gasteiger partial charge < -0.3 is 15.5 Å². The third-order valence-corrected chi connectivity index (χ3v) is 4.72. The van der Waals surface area contributed by atoms with Crippen LogP contribution >= 0.6 is 0 Å². The second-order valence-corrected chi connectivity index (χ2v) is 6.44. The van der Waals surface area contributed by atoms with Gasteiger partial charge in [0.25, 0.3) is 5.91 Å². The van der Waals surface area contributed by atoms with E-state index in [4.69, 9.17) is 0 Å². The van der Waals surface area contributed by atoms with Crippen LogP contribution in [0.5, 0.6) is 0 Å². The van der Waals surface area contributed by atoms with Crippen LogP contribution in [0.4, 0.5) is 9.18 Å². The minimum atomic E-state index is -0.635. The molecule has 0 aliphatic carbocycles. The molecule has 4 rings (SSSR count). The van der Waals surface area contributed by atoms with E-state index < -0.39 is 11.9 Å². The molecule has 3 amide bonds. The van der Waals surface area contributed by atoms with Gasteiger partial charge in [-0.15, -0.1) is 0 Å². The molecule has 2 heterocycles. The molecule has 0 spiro atoms. The summed E-state index contributed by atoms with van der Waals surface area (Å²) in [5.41, 5.74) is 2.80. The largest absolute Gasteiger partial charge is 0.333 e. The lowest BCUT2D eigenvalue weighted by molar-refractivity contribution is -0.125. The van der Waals surface area contributed by atoms with Gasteiger partial charge in [0.15, 0.2) is 0 Å². The van der Waals surface area contributed by atoms with Crippen molar-refractivity contribution in [1.29, 1.82) is 0 Å². The molecule has 0 bridgehead atoms. The Morgan fingerprint density at radius 2 is 1.88 bits per heavy atom. The number of amides is 3. The van der Waals surface area contributed by atoms with E-state index in [2.05, 4.69) is 10.6 Å². The highest BCUT2D eigenvalue weighted by Crippen LogP contribution is 2.32. The fourth-order valence-electron chi connectivity index (χ4n) is 3.45. The second-order valence-electron chi connectivity index (χ2n) is 6.44. The van der Waals surface area contributed by atoms with E-state index in [1.807, 2.05) is 30.3 Å². The van der Waals surface area contributed by atoms with E-state index in [-0.39, 0.29) is 11.9 Å². The molecule has 0 saturated carbocycles. The Labute approximate surface area is 150 Å². The maximum absolute atomic E-state index is 13.6. The Morgan fingerprint density at radius 3 is 2.65 bits per heavy atom. The molecule has 6 heteroatoms. The van der Waals surface area contributed by atoms with Gasteiger partial charge in [-0.1, -0.05) is 42.5 Å². The first-order chi connectivity index (χ1) is 12.6. The normalized spacial score (nSPS) is 19.3. The van der Waals surface area contributed by atoms with E-state index in [0.29, 0.717) is 29.9 Å². The number of hydrogen-bond acceptors (Lipinski definition) is 2. The molecule has 0 radical (unpaired) electrons. The standard InChI is InChI=1S/C20H18FN3O2/c21-15-8-4-7-14(11-15)18-17-16(22-20(26)23-18)12-24(19(17)25)10-9-13-5-2-1-3-6-13/h1-8,11,18H,9-10,12H2,(H2,22,23,26)/t18-/m1/s1. The molecule has 2 aromatic rings. The zero-order valence-corrected chi connectivity index (χ0v) is 14.0. The second kappa shape index (κ2) is 6.63. The Morgan fingerprint density at radius 1 is 1.08 bits per heavy atom. The summed E-state index contributed by atoms with van der Waals surface area (Å²) in [5, 5.41) is 5.46. The highest BCUT2D eigenvalue weighted by Gasteiger charge is 2.40. The molecule has 1 atom stereocenters. The van der Waals surface area contributed by atoms with Crippen LogP contribution in [0.15, 0.2) is 65.9 Å². The third-order valence-electron chi connectivity index (χ3n) is 4.72. The van der Waals surface area contributed by atoms with Crippen LogP contribution < -0.4 is 10.6 Å². The van der Waals surface area contributed by atoms with E-state index in [1.54, 1.807) is 17.0 Å². The van der Waals surface area contributed by atoms with Crippen molar-refractivity contribution in [2.45, 2.75) is 12.5 Å². The zero-order valence-electron chi connectivity index (χ0n) is 14.0. The Hall–Kier alpha value is -3.15. The fourth-order valence-corrected chi connectivity index (χ4v) is 3.45. The van der Waals surface area contributed by atoms with Crippen molar-refractivity contribution < 1.29 is 14.0 Å². The summed E-state index contributed by atoms with van der Waals surface area (Å²) in [5.74, 6) is -0.526. The topological polar surface area (TPSA) is 61.4 Å². The maximum atomic E-state index is 13.6. The zero-order chi connectivity index (χ0) is 18.1. The molecule has 0 fully saturated rings. The minimum absolute atomic E-state index is 0.127. The molecule has 26 heavy (non-hydrogen) atoms. The van der Waals surface area contributed by atoms with Gasteiger partial charge in [0, 0.05) is 6.54 Å². The van der Waals surface area contributed by atoms with Crippen molar-refractivity contribution in [3.8, 4) is 0 Å². The van der Waals surface area contributed by atoms with Crippen LogP contribution in [-0.4, -0.2) is 29.9 Å². The minimum Gasteiger partial charge on any atom is -0.333 e. The lowest BCUT2D eigenvalue weighted by atomic mass is 9.96. The van der Waals surface area contributed by atoms with Gasteiger partial charge in [-0.2, -0.15) is 0 Å². The summed E-state index contributed by atoms with van der Waals surface area (Å²) < 4.78 is 13.6. The van der Waals surface area contributed by atoms with E-state index >= 15 is 0 Å². The Balaban J connectivity index is 1.56. The van der Waals surface area contributed by atoms with Gasteiger partial charge in [-0.25, -0.2) is 9.18 Å². The van der Waals surface area contributed by atoms with Crippen molar-refractivity contribution in [2.24, 2.45) is 0 Å². The smallest absolute Gasteiger partial charge is 0.319 e. The van der Waals surface area contributed by atoms with Gasteiger partial charge in [0.05, 0.1) is 23.9 Å². The van der Waals surface area contributed by atoms with Crippen LogP contribution in [0.3, 0.4) is 0 Å². The predicted octanol–water partition coefficient (Wildman–Crippen LogP) is 2.52. The van der Waals surface area contributed by atoms with Crippen LogP contribution in [0.25, 0.3) is 0 Å². The molecule has 2 N–H and O–H groups in total. The number of halogens is 1. The molecule has 0 aromatic heterocycles. The van der Waals surface area contributed by atoms with Crippen LogP contribution in [0.1, 0.15) is 17.2 Å². The Bertz CT molecular complexity index is 895. The average Bonchev–Trinajstić information content (AvgIpc) is 2.96. The summed E-state index contributed by atoms with van der Waals surface area (Å²) in [6.45, 7) is 0.918. The fraction of sp³-hybridized carbons (Fsp3) is 0.200. The molecule has 0 saturated heterocycles. The van der Waals surface area contributed by atoms with Gasteiger partial charge in [-0.3, -0.25) is 4.79 Å². The van der Waals surface area contributed by atoms with Gasteiger partial charge in [0.2, 0.25) is 0 Å². The highest BCUT2D eigenvalue weighted by molar-refractivity contribution is 6.01. The van der Waals surface area contributed by atoms with E-state index in [9.17, 15) is 14.0 Å². The summed E-state index contributed by atoms with van der Waals surface area (Å²) >= 11 is 0. The number of hydrogen-bond donors (Lipinski definition) is 2. The SMILES string of the molecule is O=C1NC2=C(C(=O)N(CCc3ccccc3)C2)[C@@H](c2cccc(F)c2)N1. The third kappa shape index (κ3) is 3.06. The van der Waals surface area contributed by atoms with Crippen molar-refractivity contribution >= 4 is 11.9 Å². The van der Waals surface area contributed by atoms with Crippen molar-refractivity contribution in [3.05, 3.63) is 82.8 Å². The van der Waals surface area contributed by atoms with E-state index in [0.717, 1.165) is 12.0 Å². The first-order valence-corrected chi connectivity index (χ1v) is 8.51. The first kappa shape index (κ1) is 16.3. The lowest BCUT2D eigenvalue weighted by Crippen LogP contribution is -2.44. The number of nitrogens with one attached hydrogen (secondary N) is 2. The molecule has 2 aromatic carbocycles. The van der Waals surface area contributed by atoms with Gasteiger partial charge in [-0.05, 0) is 29.7 Å². The number of carbonyl (C=O) groups excluding carboxylic acids is 2. The van der Waals surface area contributed by atoms with Crippen LogP contribution in [0.2, 0.25) is 0 Å². The molecule has 0 unspecified atom stereocenters. The van der Waals surface area contributed by atoms with Crippen molar-refractivity contribution in [2.75, 3.05) is 13.1 Å². The summed E-state index contributed by atoms with van der Waals surface area (Å²) in [6.07, 6.45) is 0.735. The molecule has 2 aliphatic rings. The highest BCUT2D eigenvalue weighted by atomic mass is 19.1. The summed E-state index contributed by atoms with van der Waals surface area (Å²) in [6, 6.07) is 14.9. The molecular formula is C20H18FN3O2. The van der Waals surface area contributed by atoms with E-state index in [1.165, 1.54) is 12.1 Å². The molecular weight excluding hydrogens is 333 g/mol. The average molecular weight is 351 g/mol. The maximum Gasteiger partial charge on any atom is 0.319 e. The Kier molecular flexibility index (Phi) is 4.16. The summed E-state index contributed by atoms with van der Waals surface area (Å²) in [7, 11) is 0. The number of carbonyl (C=O) groups is 2.